The van der Waals surface area contributed by atoms with Crippen molar-refractivity contribution < 1.29 is 27.5 Å². The summed E-state index contributed by atoms with van der Waals surface area (Å²) in [6, 6.07) is 17.3. The minimum absolute atomic E-state index is 0.0155. The van der Waals surface area contributed by atoms with Gasteiger partial charge in [0.15, 0.2) is 0 Å². The molecule has 11 heteroatoms. The first-order valence-corrected chi connectivity index (χ1v) is 14.2. The van der Waals surface area contributed by atoms with Gasteiger partial charge in [-0.25, -0.2) is 8.42 Å². The second kappa shape index (κ2) is 12.5. The molecule has 0 unspecified atom stereocenters. The van der Waals surface area contributed by atoms with Crippen LogP contribution in [0.5, 0.6) is 5.75 Å². The maximum absolute atomic E-state index is 13.7. The average Bonchev–Trinajstić information content (AvgIpc) is 3.45. The van der Waals surface area contributed by atoms with Crippen LogP contribution in [0, 0.1) is 6.92 Å². The van der Waals surface area contributed by atoms with Gasteiger partial charge >= 0.3 is 0 Å². The first kappa shape index (κ1) is 28.4. The highest BCUT2D eigenvalue weighted by atomic mass is 35.5. The predicted octanol–water partition coefficient (Wildman–Crippen LogP) is 4.40. The number of hydrogen-bond donors (Lipinski definition) is 2. The van der Waals surface area contributed by atoms with Crippen LogP contribution in [0.4, 0.5) is 11.4 Å². The molecule has 0 bridgehead atoms. The van der Waals surface area contributed by atoms with Gasteiger partial charge in [-0.3, -0.25) is 13.9 Å². The summed E-state index contributed by atoms with van der Waals surface area (Å²) in [4.78, 5) is 26.1. The van der Waals surface area contributed by atoms with Crippen LogP contribution in [0.1, 0.15) is 28.8 Å². The van der Waals surface area contributed by atoms with Gasteiger partial charge in [0.2, 0.25) is 5.91 Å². The molecule has 0 aromatic heterocycles. The number of rotatable bonds is 10. The Bertz CT molecular complexity index is 1440. The number of carbonyl (C=O) groups excluding carboxylic acids is 2. The Balaban J connectivity index is 1.58. The quantitative estimate of drug-likeness (QED) is 0.373. The molecule has 1 saturated heterocycles. The number of aryl methyl sites for hydroxylation is 1. The number of anilines is 2. The fraction of sp³-hybridized carbons (Fsp3) is 0.286. The van der Waals surface area contributed by atoms with Crippen molar-refractivity contribution in [1.82, 2.24) is 5.32 Å². The maximum atomic E-state index is 13.7. The van der Waals surface area contributed by atoms with Crippen molar-refractivity contribution >= 4 is 44.8 Å². The van der Waals surface area contributed by atoms with E-state index in [1.54, 1.807) is 36.4 Å². The number of halogens is 1. The summed E-state index contributed by atoms with van der Waals surface area (Å²) in [5, 5.41) is 5.72. The maximum Gasteiger partial charge on any atom is 0.264 e. The number of benzene rings is 3. The van der Waals surface area contributed by atoms with E-state index in [-0.39, 0.29) is 38.9 Å². The number of nitrogens with one attached hydrogen (secondary N) is 2. The van der Waals surface area contributed by atoms with Crippen molar-refractivity contribution in [1.29, 1.82) is 0 Å². The van der Waals surface area contributed by atoms with Crippen molar-refractivity contribution in [3.05, 3.63) is 82.9 Å². The highest BCUT2D eigenvalue weighted by Crippen LogP contribution is 2.32. The molecule has 9 nitrogen and oxygen atoms in total. The molecule has 0 spiro atoms. The molecular formula is C28H30ClN3O6S. The van der Waals surface area contributed by atoms with E-state index in [0.29, 0.717) is 18.9 Å². The summed E-state index contributed by atoms with van der Waals surface area (Å²) in [6.07, 6.45) is 1.79. The number of sulfonamides is 1. The number of para-hydroxylation sites is 1. The number of carbonyl (C=O) groups is 2. The zero-order chi connectivity index (χ0) is 28.0. The molecule has 3 aromatic carbocycles. The number of hydrogen-bond acceptors (Lipinski definition) is 6. The lowest BCUT2D eigenvalue weighted by Crippen LogP contribution is -2.38. The monoisotopic (exact) mass is 571 g/mol. The molecule has 0 saturated carbocycles. The van der Waals surface area contributed by atoms with E-state index in [0.717, 1.165) is 22.7 Å². The number of ether oxygens (including phenoxy) is 2. The Hall–Kier alpha value is -3.60. The summed E-state index contributed by atoms with van der Waals surface area (Å²) < 4.78 is 39.1. The Kier molecular flexibility index (Phi) is 9.11. The minimum atomic E-state index is -4.16. The van der Waals surface area contributed by atoms with Crippen molar-refractivity contribution in [3.63, 3.8) is 0 Å². The van der Waals surface area contributed by atoms with Crippen LogP contribution in [0.2, 0.25) is 5.02 Å². The lowest BCUT2D eigenvalue weighted by Gasteiger charge is -2.25. The van der Waals surface area contributed by atoms with Crippen LogP contribution in [0.15, 0.2) is 71.6 Å². The molecule has 2 N–H and O–H groups in total. The molecule has 39 heavy (non-hydrogen) atoms. The fourth-order valence-electron chi connectivity index (χ4n) is 4.18. The van der Waals surface area contributed by atoms with E-state index in [2.05, 4.69) is 10.6 Å². The third-order valence-electron chi connectivity index (χ3n) is 6.28. The first-order chi connectivity index (χ1) is 18.7. The van der Waals surface area contributed by atoms with E-state index < -0.39 is 22.5 Å². The average molecular weight is 572 g/mol. The zero-order valence-electron chi connectivity index (χ0n) is 21.6. The standard InChI is InChI=1S/C28H30ClN3O6S/c1-19-9-12-22(13-10-19)39(35,36)32(20-11-14-26(37-2)24(29)16-20)18-27(33)31-25-8-4-3-7-23(25)28(34)30-17-21-6-5-15-38-21/h3-4,7-14,16,21H,5-6,15,17-18H2,1-2H3,(H,30,34)(H,31,33)/t21-/m1/s1. The molecule has 3 aromatic rings. The van der Waals surface area contributed by atoms with Gasteiger partial charge in [0, 0.05) is 13.2 Å². The largest absolute Gasteiger partial charge is 0.495 e. The van der Waals surface area contributed by atoms with E-state index >= 15 is 0 Å². The second-order valence-corrected chi connectivity index (χ2v) is 11.4. The number of methoxy groups -OCH3 is 1. The molecule has 1 aliphatic heterocycles. The van der Waals surface area contributed by atoms with Crippen LogP contribution in [-0.2, 0) is 19.6 Å². The van der Waals surface area contributed by atoms with Gasteiger partial charge in [-0.2, -0.15) is 0 Å². The second-order valence-electron chi connectivity index (χ2n) is 9.08. The SMILES string of the molecule is COc1ccc(N(CC(=O)Nc2ccccc2C(=O)NC[C@H]2CCCO2)S(=O)(=O)c2ccc(C)cc2)cc1Cl. The number of nitrogens with zero attached hydrogens (tertiary/aromatic N) is 1. The Morgan fingerprint density at radius 1 is 1.10 bits per heavy atom. The van der Waals surface area contributed by atoms with Gasteiger partial charge in [0.1, 0.15) is 12.3 Å². The molecular weight excluding hydrogens is 542 g/mol. The molecule has 1 atom stereocenters. The molecule has 0 aliphatic carbocycles. The summed E-state index contributed by atoms with van der Waals surface area (Å²) in [5.74, 6) is -0.648. The van der Waals surface area contributed by atoms with Crippen molar-refractivity contribution in [2.24, 2.45) is 0 Å². The predicted molar refractivity (Wildman–Crippen MR) is 150 cm³/mol. The van der Waals surface area contributed by atoms with Gasteiger partial charge in [0.25, 0.3) is 15.9 Å². The topological polar surface area (TPSA) is 114 Å². The molecule has 1 fully saturated rings. The van der Waals surface area contributed by atoms with Crippen LogP contribution >= 0.6 is 11.6 Å². The summed E-state index contributed by atoms with van der Waals surface area (Å²) >= 11 is 6.29. The van der Waals surface area contributed by atoms with Gasteiger partial charge in [0.05, 0.1) is 40.1 Å². The molecule has 0 radical (unpaired) electrons. The lowest BCUT2D eigenvalue weighted by molar-refractivity contribution is -0.114. The van der Waals surface area contributed by atoms with E-state index in [9.17, 15) is 18.0 Å². The van der Waals surface area contributed by atoms with Crippen LogP contribution in [-0.4, -0.2) is 53.1 Å². The fourth-order valence-corrected chi connectivity index (χ4v) is 5.85. The van der Waals surface area contributed by atoms with Gasteiger partial charge in [-0.15, -0.1) is 0 Å². The van der Waals surface area contributed by atoms with Gasteiger partial charge in [-0.05, 0) is 62.2 Å². The molecule has 1 aliphatic rings. The van der Waals surface area contributed by atoms with Crippen LogP contribution in [0.3, 0.4) is 0 Å². The Labute approximate surface area is 233 Å². The summed E-state index contributed by atoms with van der Waals surface area (Å²) in [6.45, 7) is 2.32. The van der Waals surface area contributed by atoms with Gasteiger partial charge < -0.3 is 20.1 Å². The Morgan fingerprint density at radius 2 is 1.85 bits per heavy atom. The number of amides is 2. The zero-order valence-corrected chi connectivity index (χ0v) is 23.2. The third kappa shape index (κ3) is 6.89. The smallest absolute Gasteiger partial charge is 0.264 e. The molecule has 1 heterocycles. The third-order valence-corrected chi connectivity index (χ3v) is 8.36. The summed E-state index contributed by atoms with van der Waals surface area (Å²) in [7, 11) is -2.71. The minimum Gasteiger partial charge on any atom is -0.495 e. The van der Waals surface area contributed by atoms with Crippen LogP contribution < -0.4 is 19.7 Å². The van der Waals surface area contributed by atoms with Crippen LogP contribution in [0.25, 0.3) is 0 Å². The van der Waals surface area contributed by atoms with Crippen molar-refractivity contribution in [2.75, 3.05) is 36.4 Å². The molecule has 206 valence electrons. The van der Waals surface area contributed by atoms with E-state index in [4.69, 9.17) is 21.1 Å². The van der Waals surface area contributed by atoms with Crippen molar-refractivity contribution in [2.45, 2.75) is 30.8 Å². The highest BCUT2D eigenvalue weighted by Gasteiger charge is 2.28. The van der Waals surface area contributed by atoms with E-state index in [1.807, 2.05) is 6.92 Å². The lowest BCUT2D eigenvalue weighted by atomic mass is 10.1. The first-order valence-electron chi connectivity index (χ1n) is 12.4. The highest BCUT2D eigenvalue weighted by molar-refractivity contribution is 7.92. The molecule has 4 rings (SSSR count). The van der Waals surface area contributed by atoms with Crippen molar-refractivity contribution in [3.8, 4) is 5.75 Å². The van der Waals surface area contributed by atoms with Gasteiger partial charge in [-0.1, -0.05) is 41.4 Å². The normalized spacial score (nSPS) is 15.0. The Morgan fingerprint density at radius 3 is 2.51 bits per heavy atom. The van der Waals surface area contributed by atoms with E-state index in [1.165, 1.54) is 37.4 Å². The molecule has 2 amide bonds. The summed E-state index contributed by atoms with van der Waals surface area (Å²) in [5.41, 5.74) is 1.58.